The van der Waals surface area contributed by atoms with Crippen LogP contribution in [0, 0.1) is 0 Å². The number of hydrogen-bond acceptors (Lipinski definition) is 2. The number of nitrogens with two attached hydrogens (primary N) is 1. The van der Waals surface area contributed by atoms with Crippen molar-refractivity contribution < 1.29 is 4.84 Å². The predicted octanol–water partition coefficient (Wildman–Crippen LogP) is 1.59. The molecule has 0 fully saturated rings. The van der Waals surface area contributed by atoms with Gasteiger partial charge in [-0.3, -0.25) is 0 Å². The highest BCUT2D eigenvalue weighted by molar-refractivity contribution is 6.30. The van der Waals surface area contributed by atoms with Gasteiger partial charge in [0.25, 0.3) is 0 Å². The van der Waals surface area contributed by atoms with Crippen molar-refractivity contribution in [1.29, 1.82) is 0 Å². The number of hydrogen-bond donors (Lipinski definition) is 1. The highest BCUT2D eigenvalue weighted by atomic mass is 35.5. The number of rotatable bonds is 1. The smallest absolute Gasteiger partial charge is 0.148 e. The van der Waals surface area contributed by atoms with Crippen molar-refractivity contribution >= 4 is 11.6 Å². The van der Waals surface area contributed by atoms with Crippen molar-refractivity contribution in [2.24, 2.45) is 5.90 Å². The maximum atomic E-state index is 5.59. The first-order chi connectivity index (χ1) is 4.33. The van der Waals surface area contributed by atoms with Gasteiger partial charge in [0.2, 0.25) is 0 Å². The molecule has 0 radical (unpaired) electrons. The first-order valence-corrected chi connectivity index (χ1v) is 2.83. The second-order valence-corrected chi connectivity index (χ2v) is 2.01. The van der Waals surface area contributed by atoms with E-state index in [0.717, 1.165) is 0 Å². The molecule has 0 aromatic heterocycles. The molecule has 0 unspecified atom stereocenters. The van der Waals surface area contributed by atoms with E-state index >= 15 is 0 Å². The lowest BCUT2D eigenvalue weighted by molar-refractivity contribution is 0.334. The number of halogens is 1. The summed E-state index contributed by atoms with van der Waals surface area (Å²) in [5.41, 5.74) is 0. The predicted molar refractivity (Wildman–Crippen MR) is 36.3 cm³/mol. The fourth-order valence-corrected chi connectivity index (χ4v) is 0.721. The molecule has 2 N–H and O–H groups in total. The molecule has 0 saturated carbocycles. The van der Waals surface area contributed by atoms with E-state index in [-0.39, 0.29) is 0 Å². The van der Waals surface area contributed by atoms with Crippen LogP contribution in [0.3, 0.4) is 0 Å². The van der Waals surface area contributed by atoms with Gasteiger partial charge in [0, 0.05) is 11.1 Å². The molecule has 48 valence electrons. The van der Waals surface area contributed by atoms with Crippen LogP contribution in [-0.4, -0.2) is 0 Å². The zero-order valence-electron chi connectivity index (χ0n) is 4.67. The van der Waals surface area contributed by atoms with Crippen LogP contribution in [0.5, 0.6) is 5.75 Å². The minimum Gasteiger partial charge on any atom is -0.411 e. The van der Waals surface area contributed by atoms with Crippen LogP contribution in [0.4, 0.5) is 0 Å². The fraction of sp³-hybridized carbons (Fsp3) is 0. The molecule has 0 atom stereocenters. The number of benzene rings is 1. The third kappa shape index (κ3) is 1.59. The molecule has 0 aliphatic heterocycles. The Morgan fingerprint density at radius 1 is 1.44 bits per heavy atom. The lowest BCUT2D eigenvalue weighted by atomic mass is 10.3. The first kappa shape index (κ1) is 6.39. The first-order valence-electron chi connectivity index (χ1n) is 2.45. The molecule has 2 nitrogen and oxygen atoms in total. The Morgan fingerprint density at radius 3 is 2.67 bits per heavy atom. The summed E-state index contributed by atoms with van der Waals surface area (Å²) in [5.74, 6) is 5.43. The lowest BCUT2D eigenvalue weighted by Crippen LogP contribution is -2.00. The largest absolute Gasteiger partial charge is 0.411 e. The van der Waals surface area contributed by atoms with Gasteiger partial charge >= 0.3 is 0 Å². The van der Waals surface area contributed by atoms with Gasteiger partial charge in [-0.1, -0.05) is 17.7 Å². The van der Waals surface area contributed by atoms with E-state index < -0.39 is 0 Å². The van der Waals surface area contributed by atoms with Crippen LogP contribution in [-0.2, 0) is 0 Å². The zero-order chi connectivity index (χ0) is 6.69. The minimum absolute atomic E-state index is 0.572. The van der Waals surface area contributed by atoms with Crippen molar-refractivity contribution in [2.75, 3.05) is 0 Å². The van der Waals surface area contributed by atoms with Crippen LogP contribution >= 0.6 is 11.6 Å². The van der Waals surface area contributed by atoms with E-state index in [9.17, 15) is 0 Å². The molecular formula is C6H6ClNO. The minimum atomic E-state index is 0.572. The van der Waals surface area contributed by atoms with E-state index in [4.69, 9.17) is 17.5 Å². The summed E-state index contributed by atoms with van der Waals surface area (Å²) in [6.07, 6.45) is 0. The molecule has 0 saturated heterocycles. The molecule has 1 rings (SSSR count). The quantitative estimate of drug-likeness (QED) is 0.606. The molecule has 9 heavy (non-hydrogen) atoms. The summed E-state index contributed by atoms with van der Waals surface area (Å²) in [6.45, 7) is 0. The zero-order valence-corrected chi connectivity index (χ0v) is 5.43. The van der Waals surface area contributed by atoms with Gasteiger partial charge in [0.15, 0.2) is 0 Å². The summed E-state index contributed by atoms with van der Waals surface area (Å²) in [7, 11) is 0. The summed E-state index contributed by atoms with van der Waals surface area (Å²) >= 11 is 5.59. The highest BCUT2D eigenvalue weighted by Crippen LogP contribution is 2.15. The van der Waals surface area contributed by atoms with Gasteiger partial charge in [-0.2, -0.15) is 5.90 Å². The topological polar surface area (TPSA) is 35.2 Å². The summed E-state index contributed by atoms with van der Waals surface area (Å²) in [5, 5.41) is 0.623. The SMILES string of the molecule is NOc1cccc(Cl)c1. The average Bonchev–Trinajstić information content (AvgIpc) is 1.88. The van der Waals surface area contributed by atoms with Gasteiger partial charge in [-0.05, 0) is 12.1 Å². The molecule has 0 aliphatic rings. The highest BCUT2D eigenvalue weighted by Gasteiger charge is 1.89. The van der Waals surface area contributed by atoms with Crippen LogP contribution < -0.4 is 10.7 Å². The van der Waals surface area contributed by atoms with E-state index in [1.807, 2.05) is 0 Å². The molecule has 3 heteroatoms. The lowest BCUT2D eigenvalue weighted by Gasteiger charge is -1.95. The van der Waals surface area contributed by atoms with Crippen LogP contribution in [0.25, 0.3) is 0 Å². The van der Waals surface area contributed by atoms with E-state index in [1.165, 1.54) is 0 Å². The Hall–Kier alpha value is -0.730. The van der Waals surface area contributed by atoms with E-state index in [1.54, 1.807) is 24.3 Å². The van der Waals surface area contributed by atoms with Crippen LogP contribution in [0.15, 0.2) is 24.3 Å². The molecule has 1 aromatic rings. The second-order valence-electron chi connectivity index (χ2n) is 1.58. The van der Waals surface area contributed by atoms with Gasteiger partial charge in [0.1, 0.15) is 5.75 Å². The second kappa shape index (κ2) is 2.71. The van der Waals surface area contributed by atoms with Gasteiger partial charge in [-0.25, -0.2) is 0 Å². The monoisotopic (exact) mass is 143 g/mol. The molecular weight excluding hydrogens is 138 g/mol. The molecule has 1 aromatic carbocycles. The fourth-order valence-electron chi connectivity index (χ4n) is 0.540. The summed E-state index contributed by atoms with van der Waals surface area (Å²) < 4.78 is 0. The molecule has 0 heterocycles. The van der Waals surface area contributed by atoms with Crippen molar-refractivity contribution in [2.45, 2.75) is 0 Å². The molecule has 0 spiro atoms. The van der Waals surface area contributed by atoms with Crippen molar-refractivity contribution in [3.63, 3.8) is 0 Å². The normalized spacial score (nSPS) is 9.11. The van der Waals surface area contributed by atoms with E-state index in [0.29, 0.717) is 10.8 Å². The maximum absolute atomic E-state index is 5.59. The van der Waals surface area contributed by atoms with Gasteiger partial charge in [0.05, 0.1) is 0 Å². The Labute approximate surface area is 58.1 Å². The molecule has 0 amide bonds. The van der Waals surface area contributed by atoms with Gasteiger partial charge < -0.3 is 4.84 Å². The average molecular weight is 144 g/mol. The van der Waals surface area contributed by atoms with Crippen LogP contribution in [0.1, 0.15) is 0 Å². The Morgan fingerprint density at radius 2 is 2.22 bits per heavy atom. The Bertz CT molecular complexity index is 202. The third-order valence-corrected chi connectivity index (χ3v) is 1.17. The standard InChI is InChI=1S/C6H6ClNO/c7-5-2-1-3-6(4-5)9-8/h1-4H,8H2. The van der Waals surface area contributed by atoms with Crippen molar-refractivity contribution in [3.05, 3.63) is 29.3 Å². The Kier molecular flexibility index (Phi) is 1.92. The maximum Gasteiger partial charge on any atom is 0.148 e. The molecule has 0 bridgehead atoms. The summed E-state index contributed by atoms with van der Waals surface area (Å²) in [4.78, 5) is 4.41. The van der Waals surface area contributed by atoms with Gasteiger partial charge in [-0.15, -0.1) is 0 Å². The van der Waals surface area contributed by atoms with E-state index in [2.05, 4.69) is 4.84 Å². The summed E-state index contributed by atoms with van der Waals surface area (Å²) in [6, 6.07) is 6.89. The van der Waals surface area contributed by atoms with Crippen molar-refractivity contribution in [3.8, 4) is 5.75 Å². The molecule has 0 aliphatic carbocycles. The van der Waals surface area contributed by atoms with Crippen molar-refractivity contribution in [1.82, 2.24) is 0 Å². The third-order valence-electron chi connectivity index (χ3n) is 0.932. The van der Waals surface area contributed by atoms with Crippen LogP contribution in [0.2, 0.25) is 5.02 Å². The Balaban J connectivity index is 2.94.